The van der Waals surface area contributed by atoms with Crippen LogP contribution >= 0.6 is 11.3 Å². The number of fused-ring (bicyclic) bond motifs is 1. The van der Waals surface area contributed by atoms with Crippen LogP contribution in [0.5, 0.6) is 0 Å². The Balaban J connectivity index is 1.89. The van der Waals surface area contributed by atoms with Crippen molar-refractivity contribution < 1.29 is 4.79 Å². The lowest BCUT2D eigenvalue weighted by atomic mass is 10.1. The fourth-order valence-electron chi connectivity index (χ4n) is 1.87. The topological polar surface area (TPSA) is 29.1 Å². The highest BCUT2D eigenvalue weighted by molar-refractivity contribution is 7.12. The number of carbonyl (C=O) groups excluding carboxylic acids is 1. The van der Waals surface area contributed by atoms with Crippen LogP contribution in [0.3, 0.4) is 0 Å². The average Bonchev–Trinajstić information content (AvgIpc) is 2.92. The van der Waals surface area contributed by atoms with Gasteiger partial charge < -0.3 is 5.32 Å². The first-order valence-electron chi connectivity index (χ1n) is 5.66. The summed E-state index contributed by atoms with van der Waals surface area (Å²) in [7, 11) is 0. The van der Waals surface area contributed by atoms with Crippen molar-refractivity contribution in [1.29, 1.82) is 0 Å². The van der Waals surface area contributed by atoms with Gasteiger partial charge in [0, 0.05) is 5.69 Å². The maximum absolute atomic E-state index is 11.9. The minimum absolute atomic E-state index is 0.0553. The summed E-state index contributed by atoms with van der Waals surface area (Å²) in [6, 6.07) is 17.7. The fourth-order valence-corrected chi connectivity index (χ4v) is 2.49. The minimum Gasteiger partial charge on any atom is -0.321 e. The van der Waals surface area contributed by atoms with Crippen LogP contribution in [0, 0.1) is 0 Å². The molecule has 0 aliphatic heterocycles. The summed E-state index contributed by atoms with van der Waals surface area (Å²) in [6.07, 6.45) is 0. The molecule has 88 valence electrons. The van der Waals surface area contributed by atoms with E-state index in [1.54, 1.807) is 0 Å². The highest BCUT2D eigenvalue weighted by Crippen LogP contribution is 2.20. The van der Waals surface area contributed by atoms with E-state index in [9.17, 15) is 4.79 Å². The molecule has 0 saturated carbocycles. The molecule has 2 nitrogen and oxygen atoms in total. The zero-order valence-corrected chi connectivity index (χ0v) is 10.4. The Kier molecular flexibility index (Phi) is 2.82. The molecule has 1 amide bonds. The summed E-state index contributed by atoms with van der Waals surface area (Å²) in [4.78, 5) is 12.6. The Morgan fingerprint density at radius 3 is 2.56 bits per heavy atom. The summed E-state index contributed by atoms with van der Waals surface area (Å²) in [5.41, 5.74) is 0.826. The first kappa shape index (κ1) is 11.0. The van der Waals surface area contributed by atoms with Crippen molar-refractivity contribution in [3.8, 4) is 0 Å². The van der Waals surface area contributed by atoms with Gasteiger partial charge in [0.1, 0.15) is 0 Å². The minimum atomic E-state index is -0.0553. The lowest BCUT2D eigenvalue weighted by Gasteiger charge is -2.05. The van der Waals surface area contributed by atoms with E-state index in [-0.39, 0.29) is 5.91 Å². The summed E-state index contributed by atoms with van der Waals surface area (Å²) in [6.45, 7) is 0. The van der Waals surface area contributed by atoms with Gasteiger partial charge in [0.2, 0.25) is 0 Å². The molecule has 1 aromatic heterocycles. The van der Waals surface area contributed by atoms with Crippen LogP contribution in [-0.2, 0) is 0 Å². The first-order chi connectivity index (χ1) is 8.83. The Morgan fingerprint density at radius 1 is 0.944 bits per heavy atom. The van der Waals surface area contributed by atoms with Crippen LogP contribution in [0.25, 0.3) is 10.8 Å². The summed E-state index contributed by atoms with van der Waals surface area (Å²) < 4.78 is 0. The Bertz CT molecular complexity index is 689. The molecule has 1 heterocycles. The van der Waals surface area contributed by atoms with E-state index in [1.807, 2.05) is 53.9 Å². The molecule has 3 rings (SSSR count). The van der Waals surface area contributed by atoms with E-state index in [0.29, 0.717) is 0 Å². The number of rotatable bonds is 2. The fraction of sp³-hybridized carbons (Fsp3) is 0. The van der Waals surface area contributed by atoms with Crippen LogP contribution in [0.1, 0.15) is 9.67 Å². The zero-order valence-electron chi connectivity index (χ0n) is 9.59. The molecule has 0 atom stereocenters. The van der Waals surface area contributed by atoms with Gasteiger partial charge >= 0.3 is 0 Å². The smallest absolute Gasteiger partial charge is 0.265 e. The van der Waals surface area contributed by atoms with Crippen LogP contribution in [-0.4, -0.2) is 5.91 Å². The Morgan fingerprint density at radius 2 is 1.78 bits per heavy atom. The number of nitrogens with one attached hydrogen (secondary N) is 1. The summed E-state index contributed by atoms with van der Waals surface area (Å²) >= 11 is 1.44. The summed E-state index contributed by atoms with van der Waals surface area (Å²) in [5, 5.41) is 7.11. The predicted molar refractivity (Wildman–Crippen MR) is 76.2 cm³/mol. The van der Waals surface area contributed by atoms with E-state index in [2.05, 4.69) is 11.4 Å². The van der Waals surface area contributed by atoms with Gasteiger partial charge in [-0.05, 0) is 34.4 Å². The second kappa shape index (κ2) is 4.63. The standard InChI is InChI=1S/C15H11NOS/c17-15(14-6-3-9-18-14)16-13-8-7-11-4-1-2-5-12(11)10-13/h1-10H,(H,16,17). The molecule has 0 unspecified atom stereocenters. The number of anilines is 1. The molecule has 0 aliphatic rings. The van der Waals surface area contributed by atoms with Crippen molar-refractivity contribution in [2.24, 2.45) is 0 Å². The zero-order chi connectivity index (χ0) is 12.4. The summed E-state index contributed by atoms with van der Waals surface area (Å²) in [5.74, 6) is -0.0553. The van der Waals surface area contributed by atoms with Gasteiger partial charge in [0.15, 0.2) is 0 Å². The number of thiophene rings is 1. The van der Waals surface area contributed by atoms with Gasteiger partial charge in [-0.3, -0.25) is 4.79 Å². The van der Waals surface area contributed by atoms with Crippen molar-refractivity contribution in [2.75, 3.05) is 5.32 Å². The van der Waals surface area contributed by atoms with Crippen LogP contribution in [0.15, 0.2) is 60.0 Å². The molecule has 3 heteroatoms. The maximum atomic E-state index is 11.9. The SMILES string of the molecule is O=C(Nc1ccc2ccccc2c1)c1cccs1. The van der Waals surface area contributed by atoms with Crippen LogP contribution in [0.2, 0.25) is 0 Å². The number of benzene rings is 2. The molecule has 0 aliphatic carbocycles. The number of amides is 1. The van der Waals surface area contributed by atoms with Gasteiger partial charge in [-0.15, -0.1) is 11.3 Å². The van der Waals surface area contributed by atoms with E-state index in [4.69, 9.17) is 0 Å². The van der Waals surface area contributed by atoms with Crippen LogP contribution < -0.4 is 5.32 Å². The molecule has 0 fully saturated rings. The quantitative estimate of drug-likeness (QED) is 0.730. The first-order valence-corrected chi connectivity index (χ1v) is 6.54. The number of carbonyl (C=O) groups is 1. The van der Waals surface area contributed by atoms with E-state index >= 15 is 0 Å². The molecular formula is C15H11NOS. The normalized spacial score (nSPS) is 10.4. The van der Waals surface area contributed by atoms with E-state index in [1.165, 1.54) is 16.7 Å². The molecular weight excluding hydrogens is 242 g/mol. The number of hydrogen-bond donors (Lipinski definition) is 1. The molecule has 0 saturated heterocycles. The molecule has 0 spiro atoms. The third kappa shape index (κ3) is 2.13. The molecule has 2 aromatic carbocycles. The molecule has 18 heavy (non-hydrogen) atoms. The highest BCUT2D eigenvalue weighted by atomic mass is 32.1. The van der Waals surface area contributed by atoms with Gasteiger partial charge in [-0.2, -0.15) is 0 Å². The average molecular weight is 253 g/mol. The molecule has 1 N–H and O–H groups in total. The molecule has 0 radical (unpaired) electrons. The van der Waals surface area contributed by atoms with Gasteiger partial charge in [0.25, 0.3) is 5.91 Å². The van der Waals surface area contributed by atoms with E-state index in [0.717, 1.165) is 16.0 Å². The van der Waals surface area contributed by atoms with Gasteiger partial charge in [-0.1, -0.05) is 36.4 Å². The van der Waals surface area contributed by atoms with Crippen LogP contribution in [0.4, 0.5) is 5.69 Å². The van der Waals surface area contributed by atoms with Crippen molar-refractivity contribution in [1.82, 2.24) is 0 Å². The third-order valence-electron chi connectivity index (χ3n) is 2.75. The third-order valence-corrected chi connectivity index (χ3v) is 3.62. The Hall–Kier alpha value is -2.13. The second-order valence-corrected chi connectivity index (χ2v) is 4.94. The van der Waals surface area contributed by atoms with Crippen molar-refractivity contribution >= 4 is 33.7 Å². The van der Waals surface area contributed by atoms with Gasteiger partial charge in [0.05, 0.1) is 4.88 Å². The highest BCUT2D eigenvalue weighted by Gasteiger charge is 2.06. The maximum Gasteiger partial charge on any atom is 0.265 e. The monoisotopic (exact) mass is 253 g/mol. The second-order valence-electron chi connectivity index (χ2n) is 3.99. The van der Waals surface area contributed by atoms with E-state index < -0.39 is 0 Å². The Labute approximate surface area is 109 Å². The number of hydrogen-bond acceptors (Lipinski definition) is 2. The largest absolute Gasteiger partial charge is 0.321 e. The van der Waals surface area contributed by atoms with Crippen molar-refractivity contribution in [3.63, 3.8) is 0 Å². The van der Waals surface area contributed by atoms with Gasteiger partial charge in [-0.25, -0.2) is 0 Å². The predicted octanol–water partition coefficient (Wildman–Crippen LogP) is 4.15. The van der Waals surface area contributed by atoms with Crippen molar-refractivity contribution in [3.05, 3.63) is 64.9 Å². The molecule has 3 aromatic rings. The lowest BCUT2D eigenvalue weighted by Crippen LogP contribution is -2.09. The molecule has 0 bridgehead atoms. The lowest BCUT2D eigenvalue weighted by molar-refractivity contribution is 0.103. The van der Waals surface area contributed by atoms with Crippen molar-refractivity contribution in [2.45, 2.75) is 0 Å².